The molecule has 0 spiro atoms. The fraction of sp³-hybridized carbons (Fsp3) is 0.111. The molecule has 5 heteroatoms. The molecule has 0 unspecified atom stereocenters. The van der Waals surface area contributed by atoms with Gasteiger partial charge < -0.3 is 0 Å². The van der Waals surface area contributed by atoms with Crippen LogP contribution in [0.2, 0.25) is 0 Å². The molecule has 0 amide bonds. The first-order chi connectivity index (χ1) is 6.66. The van der Waals surface area contributed by atoms with E-state index >= 15 is 0 Å². The monoisotopic (exact) mass is 226 g/mol. The second-order valence-electron chi connectivity index (χ2n) is 2.90. The van der Waals surface area contributed by atoms with Crippen molar-refractivity contribution in [3.05, 3.63) is 33.5 Å². The summed E-state index contributed by atoms with van der Waals surface area (Å²) in [6.07, 6.45) is 0. The Labute approximate surface area is 89.4 Å². The van der Waals surface area contributed by atoms with E-state index in [9.17, 15) is 4.39 Å². The van der Waals surface area contributed by atoms with E-state index in [0.29, 0.717) is 14.5 Å². The zero-order chi connectivity index (χ0) is 10.1. The molecule has 0 saturated carbocycles. The van der Waals surface area contributed by atoms with Gasteiger partial charge >= 0.3 is 0 Å². The number of H-pyrrole nitrogens is 1. The lowest BCUT2D eigenvalue weighted by atomic mass is 10.1. The third-order valence-corrected chi connectivity index (χ3v) is 2.91. The minimum atomic E-state index is -0.270. The van der Waals surface area contributed by atoms with Crippen LogP contribution < -0.4 is 0 Å². The predicted octanol–water partition coefficient (Wildman–Crippen LogP) is 3.32. The molecule has 14 heavy (non-hydrogen) atoms. The summed E-state index contributed by atoms with van der Waals surface area (Å²) < 4.78 is 13.9. The van der Waals surface area contributed by atoms with Gasteiger partial charge in [-0.05, 0) is 31.3 Å². The molecule has 0 bridgehead atoms. The molecule has 1 N–H and O–H groups in total. The summed E-state index contributed by atoms with van der Waals surface area (Å²) in [5.41, 5.74) is 1.50. The van der Waals surface area contributed by atoms with Gasteiger partial charge in [-0.1, -0.05) is 23.0 Å². The van der Waals surface area contributed by atoms with E-state index in [1.807, 2.05) is 6.92 Å². The third kappa shape index (κ3) is 1.73. The van der Waals surface area contributed by atoms with Crippen molar-refractivity contribution < 1.29 is 4.39 Å². The molecule has 0 aliphatic rings. The second kappa shape index (κ2) is 3.59. The van der Waals surface area contributed by atoms with Crippen LogP contribution in [-0.4, -0.2) is 10.2 Å². The fourth-order valence-electron chi connectivity index (χ4n) is 1.15. The number of nitrogens with one attached hydrogen (secondary N) is 1. The molecule has 0 radical (unpaired) electrons. The first-order valence-corrected chi connectivity index (χ1v) is 5.21. The third-order valence-electron chi connectivity index (χ3n) is 1.79. The number of aryl methyl sites for hydroxylation is 1. The van der Waals surface area contributed by atoms with E-state index in [4.69, 9.17) is 12.2 Å². The van der Waals surface area contributed by atoms with E-state index in [-0.39, 0.29) is 5.82 Å². The standard InChI is InChI=1S/C9H7FN2S2/c1-5-2-3-7(10)6(4-5)8-11-12-9(13)14-8/h2-4H,1H3,(H,12,13). The summed E-state index contributed by atoms with van der Waals surface area (Å²) in [6.45, 7) is 1.91. The molecular formula is C9H7FN2S2. The van der Waals surface area contributed by atoms with Crippen molar-refractivity contribution in [3.8, 4) is 10.6 Å². The van der Waals surface area contributed by atoms with E-state index in [2.05, 4.69) is 10.2 Å². The smallest absolute Gasteiger partial charge is 0.176 e. The van der Waals surface area contributed by atoms with Crippen molar-refractivity contribution >= 4 is 23.6 Å². The topological polar surface area (TPSA) is 28.7 Å². The van der Waals surface area contributed by atoms with Crippen molar-refractivity contribution in [2.45, 2.75) is 6.92 Å². The molecule has 1 aromatic heterocycles. The number of aromatic amines is 1. The van der Waals surface area contributed by atoms with Crippen molar-refractivity contribution in [1.82, 2.24) is 10.2 Å². The Balaban J connectivity index is 2.61. The van der Waals surface area contributed by atoms with Crippen LogP contribution in [0.5, 0.6) is 0 Å². The molecule has 2 rings (SSSR count). The molecule has 0 aliphatic heterocycles. The number of hydrogen-bond donors (Lipinski definition) is 1. The highest BCUT2D eigenvalue weighted by Crippen LogP contribution is 2.25. The Kier molecular flexibility index (Phi) is 2.43. The summed E-state index contributed by atoms with van der Waals surface area (Å²) in [5, 5.41) is 7.16. The number of benzene rings is 1. The molecule has 0 saturated heterocycles. The first-order valence-electron chi connectivity index (χ1n) is 3.99. The average molecular weight is 226 g/mol. The SMILES string of the molecule is Cc1ccc(F)c(-c2n[nH]c(=S)s2)c1. The Hall–Kier alpha value is -1.07. The highest BCUT2D eigenvalue weighted by atomic mass is 32.1. The van der Waals surface area contributed by atoms with E-state index in [1.54, 1.807) is 12.1 Å². The highest BCUT2D eigenvalue weighted by molar-refractivity contribution is 7.73. The summed E-state index contributed by atoms with van der Waals surface area (Å²) in [6, 6.07) is 4.93. The molecule has 0 fully saturated rings. The normalized spacial score (nSPS) is 10.4. The van der Waals surface area contributed by atoms with Gasteiger partial charge in [0, 0.05) is 5.56 Å². The summed E-state index contributed by atoms with van der Waals surface area (Å²) in [5.74, 6) is -0.270. The summed E-state index contributed by atoms with van der Waals surface area (Å²) in [7, 11) is 0. The van der Waals surface area contributed by atoms with Gasteiger partial charge in [0.25, 0.3) is 0 Å². The zero-order valence-electron chi connectivity index (χ0n) is 7.37. The van der Waals surface area contributed by atoms with E-state index in [1.165, 1.54) is 17.4 Å². The van der Waals surface area contributed by atoms with Crippen molar-refractivity contribution in [1.29, 1.82) is 0 Å². The molecule has 72 valence electrons. The number of rotatable bonds is 1. The van der Waals surface area contributed by atoms with Crippen LogP contribution in [0.25, 0.3) is 10.6 Å². The molecule has 1 aromatic carbocycles. The minimum absolute atomic E-state index is 0.270. The molecular weight excluding hydrogens is 219 g/mol. The molecule has 2 aromatic rings. The Bertz CT molecular complexity index is 516. The van der Waals surface area contributed by atoms with Crippen LogP contribution in [0.15, 0.2) is 18.2 Å². The number of hydrogen-bond acceptors (Lipinski definition) is 3. The maximum Gasteiger partial charge on any atom is 0.176 e. The molecule has 0 atom stereocenters. The minimum Gasteiger partial charge on any atom is -0.258 e. The highest BCUT2D eigenvalue weighted by Gasteiger charge is 2.08. The molecule has 0 aliphatic carbocycles. The average Bonchev–Trinajstić information content (AvgIpc) is 2.56. The van der Waals surface area contributed by atoms with Crippen LogP contribution in [0.4, 0.5) is 4.39 Å². The van der Waals surface area contributed by atoms with Gasteiger partial charge in [-0.2, -0.15) is 5.10 Å². The number of halogens is 1. The van der Waals surface area contributed by atoms with Gasteiger partial charge in [0.1, 0.15) is 10.8 Å². The largest absolute Gasteiger partial charge is 0.258 e. The van der Waals surface area contributed by atoms with Gasteiger partial charge in [0.2, 0.25) is 0 Å². The first kappa shape index (κ1) is 9.48. The van der Waals surface area contributed by atoms with Gasteiger partial charge in [-0.15, -0.1) is 0 Å². The van der Waals surface area contributed by atoms with E-state index < -0.39 is 0 Å². The molecule has 1 heterocycles. The van der Waals surface area contributed by atoms with Gasteiger partial charge in [0.05, 0.1) is 0 Å². The van der Waals surface area contributed by atoms with Gasteiger partial charge in [0.15, 0.2) is 3.95 Å². The fourth-order valence-corrected chi connectivity index (χ4v) is 2.06. The van der Waals surface area contributed by atoms with Crippen molar-refractivity contribution in [2.24, 2.45) is 0 Å². The zero-order valence-corrected chi connectivity index (χ0v) is 9.01. The lowest BCUT2D eigenvalue weighted by molar-refractivity contribution is 0.630. The van der Waals surface area contributed by atoms with Crippen LogP contribution in [-0.2, 0) is 0 Å². The quantitative estimate of drug-likeness (QED) is 0.756. The second-order valence-corrected chi connectivity index (χ2v) is 4.57. The van der Waals surface area contributed by atoms with Crippen LogP contribution in [0.3, 0.4) is 0 Å². The summed E-state index contributed by atoms with van der Waals surface area (Å²) in [4.78, 5) is 0. The number of aromatic nitrogens is 2. The van der Waals surface area contributed by atoms with Crippen LogP contribution in [0, 0.1) is 16.7 Å². The Morgan fingerprint density at radius 1 is 1.50 bits per heavy atom. The summed E-state index contributed by atoms with van der Waals surface area (Å²) >= 11 is 6.16. The van der Waals surface area contributed by atoms with Crippen molar-refractivity contribution in [3.63, 3.8) is 0 Å². The lowest BCUT2D eigenvalue weighted by Crippen LogP contribution is -1.84. The maximum atomic E-state index is 13.4. The Morgan fingerprint density at radius 3 is 2.93 bits per heavy atom. The molecule has 2 nitrogen and oxygen atoms in total. The van der Waals surface area contributed by atoms with Crippen LogP contribution in [0.1, 0.15) is 5.56 Å². The maximum absolute atomic E-state index is 13.4. The van der Waals surface area contributed by atoms with E-state index in [0.717, 1.165) is 5.56 Å². The Morgan fingerprint density at radius 2 is 2.29 bits per heavy atom. The number of nitrogens with zero attached hydrogens (tertiary/aromatic N) is 1. The lowest BCUT2D eigenvalue weighted by Gasteiger charge is -1.99. The predicted molar refractivity (Wildman–Crippen MR) is 57.4 cm³/mol. The van der Waals surface area contributed by atoms with Crippen LogP contribution >= 0.6 is 23.6 Å². The van der Waals surface area contributed by atoms with Gasteiger partial charge in [-0.25, -0.2) is 4.39 Å². The van der Waals surface area contributed by atoms with Crippen molar-refractivity contribution in [2.75, 3.05) is 0 Å². The van der Waals surface area contributed by atoms with Gasteiger partial charge in [-0.3, -0.25) is 5.10 Å².